The van der Waals surface area contributed by atoms with Gasteiger partial charge in [-0.3, -0.25) is 9.59 Å². The van der Waals surface area contributed by atoms with E-state index in [1.165, 1.54) is 30.4 Å². The van der Waals surface area contributed by atoms with E-state index in [9.17, 15) is 9.59 Å². The fourth-order valence-electron chi connectivity index (χ4n) is 7.29. The maximum Gasteiger partial charge on any atom is 0.307 e. The average Bonchev–Trinajstić information content (AvgIpc) is 3.49. The first-order valence-electron chi connectivity index (χ1n) is 13.8. The molecule has 0 radical (unpaired) electrons. The van der Waals surface area contributed by atoms with Gasteiger partial charge in [0.15, 0.2) is 5.78 Å². The van der Waals surface area contributed by atoms with Crippen LogP contribution in [0.5, 0.6) is 5.75 Å². The zero-order chi connectivity index (χ0) is 24.5. The van der Waals surface area contributed by atoms with E-state index in [4.69, 9.17) is 9.47 Å². The second kappa shape index (κ2) is 10.3. The topological polar surface area (TPSA) is 52.6 Å². The van der Waals surface area contributed by atoms with Crippen molar-refractivity contribution in [2.45, 2.75) is 83.7 Å². The van der Waals surface area contributed by atoms with Crippen molar-refractivity contribution in [3.8, 4) is 5.75 Å². The summed E-state index contributed by atoms with van der Waals surface area (Å²) in [6.07, 6.45) is 13.3. The Morgan fingerprint density at radius 2 is 1.63 bits per heavy atom. The maximum atomic E-state index is 13.7. The van der Waals surface area contributed by atoms with Crippen molar-refractivity contribution >= 4 is 11.8 Å². The van der Waals surface area contributed by atoms with Gasteiger partial charge in [-0.1, -0.05) is 56.5 Å². The Balaban J connectivity index is 1.52. The van der Waals surface area contributed by atoms with Crippen molar-refractivity contribution in [2.24, 2.45) is 29.6 Å². The van der Waals surface area contributed by atoms with Crippen LogP contribution >= 0.6 is 0 Å². The summed E-state index contributed by atoms with van der Waals surface area (Å²) in [6.45, 7) is 4.17. The number of fused-ring (bicyclic) bond motifs is 5. The molecular weight excluding hydrogens is 436 g/mol. The summed E-state index contributed by atoms with van der Waals surface area (Å²) >= 11 is 0. The highest BCUT2D eigenvalue weighted by atomic mass is 16.5. The summed E-state index contributed by atoms with van der Waals surface area (Å²) in [6, 6.07) is 8.47. The molecule has 1 heterocycles. The number of methoxy groups -OCH3 is 1. The van der Waals surface area contributed by atoms with Crippen molar-refractivity contribution in [1.29, 1.82) is 0 Å². The first-order chi connectivity index (χ1) is 17.0. The first-order valence-corrected chi connectivity index (χ1v) is 13.8. The van der Waals surface area contributed by atoms with Crippen LogP contribution in [0.15, 0.2) is 47.6 Å². The zero-order valence-corrected chi connectivity index (χ0v) is 21.5. The molecule has 4 nitrogen and oxygen atoms in total. The summed E-state index contributed by atoms with van der Waals surface area (Å²) in [4.78, 5) is 26.8. The lowest BCUT2D eigenvalue weighted by atomic mass is 9.66. The van der Waals surface area contributed by atoms with Crippen LogP contribution in [0.2, 0.25) is 0 Å². The molecule has 0 amide bonds. The summed E-state index contributed by atoms with van der Waals surface area (Å²) in [7, 11) is 1.70. The largest absolute Gasteiger partial charge is 0.497 e. The Bertz CT molecular complexity index is 1000. The van der Waals surface area contributed by atoms with Gasteiger partial charge in [0, 0.05) is 23.7 Å². The number of ketones is 1. The van der Waals surface area contributed by atoms with Crippen LogP contribution in [-0.4, -0.2) is 25.0 Å². The minimum atomic E-state index is -0.148. The molecule has 2 unspecified atom stereocenters. The summed E-state index contributed by atoms with van der Waals surface area (Å²) < 4.78 is 11.3. The van der Waals surface area contributed by atoms with Gasteiger partial charge in [0.25, 0.3) is 0 Å². The SMILES string of the molecule is CC[C@H]1CCCC[C@@H](C)C(=O)C2=CC3C(=CC(c4ccc(OC)cc4)[C@@H]4CCC[C@@H]34)[C@@H]2CC(=O)O1. The number of carbonyl (C=O) groups is 2. The van der Waals surface area contributed by atoms with E-state index in [1.54, 1.807) is 7.11 Å². The Morgan fingerprint density at radius 1 is 0.914 bits per heavy atom. The molecule has 4 aliphatic rings. The third-order valence-electron chi connectivity index (χ3n) is 9.21. The van der Waals surface area contributed by atoms with Crippen LogP contribution in [-0.2, 0) is 14.3 Å². The standard InChI is InChI=1S/C31H40O4/c1-4-21-9-6-5-8-19(2)31(33)29-17-26-24-11-7-10-23(24)25(20-12-14-22(34-3)15-13-20)16-27(26)28(29)18-30(32)35-21/h12-17,19,21,23-26,28H,4-11,18H2,1-3H3/t19-,21+,23-,24-,25?,26?,28+/m1/s1. The fraction of sp³-hybridized carbons (Fsp3) is 0.613. The van der Waals surface area contributed by atoms with Gasteiger partial charge in [0.2, 0.25) is 0 Å². The fourth-order valence-corrected chi connectivity index (χ4v) is 7.29. The van der Waals surface area contributed by atoms with Gasteiger partial charge >= 0.3 is 5.97 Å². The highest BCUT2D eigenvalue weighted by Gasteiger charge is 2.49. The van der Waals surface area contributed by atoms with Gasteiger partial charge in [-0.2, -0.15) is 0 Å². The normalized spacial score (nSPS) is 35.5. The minimum absolute atomic E-state index is 0.0100. The zero-order valence-electron chi connectivity index (χ0n) is 21.5. The smallest absolute Gasteiger partial charge is 0.307 e. The molecule has 2 fully saturated rings. The molecular formula is C31H40O4. The van der Waals surface area contributed by atoms with Crippen LogP contribution in [0.25, 0.3) is 0 Å². The number of esters is 1. The van der Waals surface area contributed by atoms with Crippen LogP contribution < -0.4 is 4.74 Å². The van der Waals surface area contributed by atoms with E-state index >= 15 is 0 Å². The van der Waals surface area contributed by atoms with Crippen LogP contribution in [0.4, 0.5) is 0 Å². The first kappa shape index (κ1) is 24.3. The molecule has 1 saturated carbocycles. The molecule has 5 rings (SSSR count). The highest BCUT2D eigenvalue weighted by molar-refractivity contribution is 5.99. The van der Waals surface area contributed by atoms with Gasteiger partial charge in [0.1, 0.15) is 11.9 Å². The van der Waals surface area contributed by atoms with Crippen molar-refractivity contribution < 1.29 is 19.1 Å². The second-order valence-electron chi connectivity index (χ2n) is 11.2. The van der Waals surface area contributed by atoms with Crippen molar-refractivity contribution in [1.82, 2.24) is 0 Å². The Morgan fingerprint density at radius 3 is 2.34 bits per heavy atom. The molecule has 0 spiro atoms. The van der Waals surface area contributed by atoms with Crippen molar-refractivity contribution in [2.75, 3.05) is 7.11 Å². The molecule has 0 bridgehead atoms. The van der Waals surface area contributed by atoms with Crippen molar-refractivity contribution in [3.63, 3.8) is 0 Å². The van der Waals surface area contributed by atoms with Crippen LogP contribution in [0.3, 0.4) is 0 Å². The molecule has 1 aromatic carbocycles. The Kier molecular flexibility index (Phi) is 7.18. The van der Waals surface area contributed by atoms with E-state index in [0.717, 1.165) is 43.4 Å². The van der Waals surface area contributed by atoms with E-state index in [2.05, 4.69) is 38.1 Å². The number of ether oxygens (including phenoxy) is 2. The molecule has 3 aliphatic carbocycles. The molecule has 4 heteroatoms. The third kappa shape index (κ3) is 4.73. The Labute approximate surface area is 210 Å². The quantitative estimate of drug-likeness (QED) is 0.356. The monoisotopic (exact) mass is 476 g/mol. The van der Waals surface area contributed by atoms with Crippen LogP contribution in [0, 0.1) is 29.6 Å². The second-order valence-corrected chi connectivity index (χ2v) is 11.2. The molecule has 0 N–H and O–H groups in total. The predicted molar refractivity (Wildman–Crippen MR) is 137 cm³/mol. The molecule has 1 saturated heterocycles. The molecule has 7 atom stereocenters. The summed E-state index contributed by atoms with van der Waals surface area (Å²) in [5, 5.41) is 0. The lowest BCUT2D eigenvalue weighted by molar-refractivity contribution is -0.150. The van der Waals surface area contributed by atoms with Gasteiger partial charge in [0.05, 0.1) is 13.5 Å². The molecule has 0 aromatic heterocycles. The third-order valence-corrected chi connectivity index (χ3v) is 9.21. The van der Waals surface area contributed by atoms with Crippen molar-refractivity contribution in [3.05, 3.63) is 53.1 Å². The number of allylic oxidation sites excluding steroid dienone is 4. The van der Waals surface area contributed by atoms with E-state index in [0.29, 0.717) is 17.8 Å². The number of rotatable bonds is 3. The Hall–Kier alpha value is -2.36. The maximum absolute atomic E-state index is 13.7. The van der Waals surface area contributed by atoms with Gasteiger partial charge in [-0.05, 0) is 73.6 Å². The molecule has 1 aromatic rings. The molecule has 188 valence electrons. The van der Waals surface area contributed by atoms with Gasteiger partial charge < -0.3 is 9.47 Å². The minimum Gasteiger partial charge on any atom is -0.497 e. The summed E-state index contributed by atoms with van der Waals surface area (Å²) in [5.74, 6) is 2.58. The predicted octanol–water partition coefficient (Wildman–Crippen LogP) is 6.80. The van der Waals surface area contributed by atoms with E-state index in [1.807, 2.05) is 12.1 Å². The number of cyclic esters (lactones) is 1. The average molecular weight is 477 g/mol. The molecule has 1 aliphatic heterocycles. The molecule has 35 heavy (non-hydrogen) atoms. The summed E-state index contributed by atoms with van der Waals surface area (Å²) in [5.41, 5.74) is 3.50. The van der Waals surface area contributed by atoms with E-state index in [-0.39, 0.29) is 42.0 Å². The lowest BCUT2D eigenvalue weighted by Gasteiger charge is -2.38. The van der Waals surface area contributed by atoms with Crippen LogP contribution in [0.1, 0.15) is 83.1 Å². The van der Waals surface area contributed by atoms with E-state index < -0.39 is 0 Å². The number of benzene rings is 1. The number of Topliss-reactive ketones (excluding diaryl/α,β-unsaturated/α-hetero) is 1. The number of carbonyl (C=O) groups excluding carboxylic acids is 2. The highest BCUT2D eigenvalue weighted by Crippen LogP contribution is 2.57. The van der Waals surface area contributed by atoms with Gasteiger partial charge in [-0.25, -0.2) is 0 Å². The number of hydrogen-bond acceptors (Lipinski definition) is 4. The lowest BCUT2D eigenvalue weighted by Crippen LogP contribution is -2.30. The van der Waals surface area contributed by atoms with Gasteiger partial charge in [-0.15, -0.1) is 0 Å². The number of hydrogen-bond donors (Lipinski definition) is 0.